The minimum absolute atomic E-state index is 0.487. The summed E-state index contributed by atoms with van der Waals surface area (Å²) < 4.78 is 24.0. The summed E-state index contributed by atoms with van der Waals surface area (Å²) in [6.45, 7) is 7.20. The van der Waals surface area contributed by atoms with Gasteiger partial charge in [0.15, 0.2) is 0 Å². The molecule has 0 aromatic carbocycles. The highest BCUT2D eigenvalue weighted by atomic mass is 32.2. The van der Waals surface area contributed by atoms with Crippen molar-refractivity contribution in [3.05, 3.63) is 0 Å². The smallest absolute Gasteiger partial charge is 0.208 e. The van der Waals surface area contributed by atoms with E-state index in [0.717, 1.165) is 19.5 Å². The van der Waals surface area contributed by atoms with Gasteiger partial charge >= 0.3 is 0 Å². The van der Waals surface area contributed by atoms with Gasteiger partial charge in [-0.25, -0.2) is 13.1 Å². The summed E-state index contributed by atoms with van der Waals surface area (Å²) in [5.74, 6) is 1.06. The molecule has 0 bridgehead atoms. The lowest BCUT2D eigenvalue weighted by atomic mass is 9.96. The van der Waals surface area contributed by atoms with Crippen LogP contribution < -0.4 is 15.8 Å². The molecule has 5 nitrogen and oxygen atoms in total. The van der Waals surface area contributed by atoms with Crippen molar-refractivity contribution in [2.45, 2.75) is 20.3 Å². The van der Waals surface area contributed by atoms with Crippen molar-refractivity contribution in [1.82, 2.24) is 10.0 Å². The minimum Gasteiger partial charge on any atom is -0.330 e. The van der Waals surface area contributed by atoms with Crippen LogP contribution in [0.2, 0.25) is 0 Å². The third kappa shape index (κ3) is 9.08. The molecule has 0 spiro atoms. The summed E-state index contributed by atoms with van der Waals surface area (Å²) in [5.41, 5.74) is 5.64. The zero-order chi connectivity index (χ0) is 12.6. The Morgan fingerprint density at radius 3 is 2.31 bits per heavy atom. The number of hydrogen-bond acceptors (Lipinski definition) is 4. The molecule has 1 unspecified atom stereocenters. The average Bonchev–Trinajstić information content (AvgIpc) is 2.14. The number of nitrogens with two attached hydrogens (primary N) is 1. The van der Waals surface area contributed by atoms with E-state index in [1.54, 1.807) is 0 Å². The van der Waals surface area contributed by atoms with Crippen molar-refractivity contribution in [2.75, 3.05) is 32.4 Å². The van der Waals surface area contributed by atoms with Gasteiger partial charge in [0.1, 0.15) is 0 Å². The lowest BCUT2D eigenvalue weighted by molar-refractivity contribution is 0.371. The second-order valence-electron chi connectivity index (χ2n) is 4.46. The Balaban J connectivity index is 3.46. The summed E-state index contributed by atoms with van der Waals surface area (Å²) in [6, 6.07) is 0. The minimum atomic E-state index is -3.04. The lowest BCUT2D eigenvalue weighted by Crippen LogP contribution is -2.33. The van der Waals surface area contributed by atoms with E-state index in [4.69, 9.17) is 5.73 Å². The molecule has 1 atom stereocenters. The number of sulfonamides is 1. The normalized spacial score (nSPS) is 14.3. The van der Waals surface area contributed by atoms with E-state index in [-0.39, 0.29) is 0 Å². The van der Waals surface area contributed by atoms with Crippen LogP contribution >= 0.6 is 0 Å². The molecule has 0 aliphatic rings. The van der Waals surface area contributed by atoms with Crippen LogP contribution in [0.5, 0.6) is 0 Å². The molecule has 0 rings (SSSR count). The van der Waals surface area contributed by atoms with Crippen molar-refractivity contribution < 1.29 is 8.42 Å². The zero-order valence-corrected chi connectivity index (χ0v) is 11.3. The maximum absolute atomic E-state index is 10.8. The van der Waals surface area contributed by atoms with E-state index in [0.29, 0.717) is 24.9 Å². The molecule has 0 amide bonds. The van der Waals surface area contributed by atoms with Gasteiger partial charge in [0.25, 0.3) is 0 Å². The molecular weight excluding hydrogens is 226 g/mol. The summed E-state index contributed by atoms with van der Waals surface area (Å²) in [7, 11) is -3.04. The maximum Gasteiger partial charge on any atom is 0.208 e. The van der Waals surface area contributed by atoms with Crippen LogP contribution in [-0.4, -0.2) is 40.9 Å². The summed E-state index contributed by atoms with van der Waals surface area (Å²) in [6.07, 6.45) is 1.96. The molecule has 0 saturated heterocycles. The lowest BCUT2D eigenvalue weighted by Gasteiger charge is -2.19. The second kappa shape index (κ2) is 8.00. The molecule has 0 aromatic rings. The van der Waals surface area contributed by atoms with Crippen LogP contribution in [0.1, 0.15) is 20.3 Å². The first-order valence-corrected chi connectivity index (χ1v) is 7.61. The first-order valence-electron chi connectivity index (χ1n) is 5.72. The van der Waals surface area contributed by atoms with Crippen molar-refractivity contribution in [3.8, 4) is 0 Å². The highest BCUT2D eigenvalue weighted by Crippen LogP contribution is 2.06. The largest absolute Gasteiger partial charge is 0.330 e. The van der Waals surface area contributed by atoms with Gasteiger partial charge < -0.3 is 11.1 Å². The molecule has 16 heavy (non-hydrogen) atoms. The van der Waals surface area contributed by atoms with Gasteiger partial charge in [0, 0.05) is 6.54 Å². The zero-order valence-electron chi connectivity index (χ0n) is 10.5. The van der Waals surface area contributed by atoms with Gasteiger partial charge in [-0.05, 0) is 37.9 Å². The molecule has 0 aliphatic heterocycles. The van der Waals surface area contributed by atoms with Crippen LogP contribution in [0.4, 0.5) is 0 Å². The van der Waals surface area contributed by atoms with Crippen LogP contribution in [0.15, 0.2) is 0 Å². The second-order valence-corrected chi connectivity index (χ2v) is 6.30. The van der Waals surface area contributed by atoms with Crippen molar-refractivity contribution >= 4 is 10.0 Å². The van der Waals surface area contributed by atoms with E-state index in [9.17, 15) is 8.42 Å². The van der Waals surface area contributed by atoms with Gasteiger partial charge in [-0.3, -0.25) is 0 Å². The molecule has 0 fully saturated rings. The molecule has 4 N–H and O–H groups in total. The molecule has 0 heterocycles. The number of hydrogen-bond donors (Lipinski definition) is 3. The Morgan fingerprint density at radius 1 is 1.25 bits per heavy atom. The fraction of sp³-hybridized carbons (Fsp3) is 1.00. The fourth-order valence-corrected chi connectivity index (χ4v) is 1.86. The Hall–Kier alpha value is -0.170. The molecule has 0 saturated carbocycles. The molecule has 6 heteroatoms. The van der Waals surface area contributed by atoms with Gasteiger partial charge in [-0.15, -0.1) is 0 Å². The number of nitrogens with one attached hydrogen (secondary N) is 2. The van der Waals surface area contributed by atoms with Crippen molar-refractivity contribution in [1.29, 1.82) is 0 Å². The number of rotatable bonds is 9. The van der Waals surface area contributed by atoms with E-state index >= 15 is 0 Å². The van der Waals surface area contributed by atoms with Crippen LogP contribution in [-0.2, 0) is 10.0 Å². The Morgan fingerprint density at radius 2 is 1.88 bits per heavy atom. The standard InChI is InChI=1S/C10H25N3O2S/c1-9(2)10(7-11)8-12-5-4-6-13-16(3,14)15/h9-10,12-13H,4-8,11H2,1-3H3. The molecule has 0 aromatic heterocycles. The van der Waals surface area contributed by atoms with Crippen molar-refractivity contribution in [2.24, 2.45) is 17.6 Å². The van der Waals surface area contributed by atoms with Gasteiger partial charge in [0.2, 0.25) is 10.0 Å². The van der Waals surface area contributed by atoms with Gasteiger partial charge in [-0.2, -0.15) is 0 Å². The van der Waals surface area contributed by atoms with Crippen LogP contribution in [0.25, 0.3) is 0 Å². The van der Waals surface area contributed by atoms with E-state index in [1.807, 2.05) is 0 Å². The van der Waals surface area contributed by atoms with Crippen LogP contribution in [0, 0.1) is 11.8 Å². The van der Waals surface area contributed by atoms with Gasteiger partial charge in [-0.1, -0.05) is 13.8 Å². The summed E-state index contributed by atoms with van der Waals surface area (Å²) >= 11 is 0. The third-order valence-corrected chi connectivity index (χ3v) is 3.28. The highest BCUT2D eigenvalue weighted by Gasteiger charge is 2.10. The topological polar surface area (TPSA) is 84.2 Å². The average molecular weight is 251 g/mol. The van der Waals surface area contributed by atoms with E-state index in [1.165, 1.54) is 6.26 Å². The Bertz CT molecular complexity index is 265. The maximum atomic E-state index is 10.8. The first kappa shape index (κ1) is 15.8. The SMILES string of the molecule is CC(C)C(CN)CNCCCNS(C)(=O)=O. The predicted molar refractivity (Wildman–Crippen MR) is 67.7 cm³/mol. The monoisotopic (exact) mass is 251 g/mol. The van der Waals surface area contributed by atoms with Crippen molar-refractivity contribution in [3.63, 3.8) is 0 Å². The molecule has 0 aliphatic carbocycles. The first-order chi connectivity index (χ1) is 7.37. The summed E-state index contributed by atoms with van der Waals surface area (Å²) in [5, 5.41) is 3.29. The van der Waals surface area contributed by atoms with Crippen LogP contribution in [0.3, 0.4) is 0 Å². The van der Waals surface area contributed by atoms with Gasteiger partial charge in [0.05, 0.1) is 6.26 Å². The Kier molecular flexibility index (Phi) is 7.91. The highest BCUT2D eigenvalue weighted by molar-refractivity contribution is 7.88. The molecular formula is C10H25N3O2S. The van der Waals surface area contributed by atoms with E-state index < -0.39 is 10.0 Å². The van der Waals surface area contributed by atoms with E-state index in [2.05, 4.69) is 23.9 Å². The predicted octanol–water partition coefficient (Wildman–Crippen LogP) is -0.254. The molecule has 98 valence electrons. The quantitative estimate of drug-likeness (QED) is 0.493. The Labute approximate surface area is 99.2 Å². The summed E-state index contributed by atoms with van der Waals surface area (Å²) in [4.78, 5) is 0. The molecule has 0 radical (unpaired) electrons. The third-order valence-electron chi connectivity index (χ3n) is 2.55. The fourth-order valence-electron chi connectivity index (χ4n) is 1.35.